The number of hydrogen-bond acceptors (Lipinski definition) is 5. The van der Waals surface area contributed by atoms with Gasteiger partial charge in [-0.25, -0.2) is 16.8 Å². The molecule has 0 radical (unpaired) electrons. The molecular formula is C12H25NO4S2. The van der Waals surface area contributed by atoms with Crippen LogP contribution in [0.1, 0.15) is 33.1 Å². The molecule has 0 bridgehead atoms. The zero-order chi connectivity index (χ0) is 14.9. The van der Waals surface area contributed by atoms with E-state index in [2.05, 4.69) is 19.2 Å². The highest BCUT2D eigenvalue weighted by Crippen LogP contribution is 2.38. The van der Waals surface area contributed by atoms with Gasteiger partial charge in [0, 0.05) is 12.3 Å². The lowest BCUT2D eigenvalue weighted by Gasteiger charge is -2.43. The molecule has 1 aliphatic rings. The number of rotatable bonds is 5. The molecule has 1 aliphatic carbocycles. The van der Waals surface area contributed by atoms with Crippen molar-refractivity contribution in [1.82, 2.24) is 5.32 Å². The molecule has 0 spiro atoms. The van der Waals surface area contributed by atoms with Crippen molar-refractivity contribution in [3.05, 3.63) is 0 Å². The predicted octanol–water partition coefficient (Wildman–Crippen LogP) is 0.612. The molecule has 2 atom stereocenters. The number of sulfone groups is 2. The largest absolute Gasteiger partial charge is 0.315 e. The molecule has 19 heavy (non-hydrogen) atoms. The molecule has 2 unspecified atom stereocenters. The monoisotopic (exact) mass is 311 g/mol. The van der Waals surface area contributed by atoms with E-state index in [0.29, 0.717) is 6.42 Å². The summed E-state index contributed by atoms with van der Waals surface area (Å²) in [6, 6.07) is -0.120. The van der Waals surface area contributed by atoms with E-state index in [4.69, 9.17) is 0 Å². The van der Waals surface area contributed by atoms with Gasteiger partial charge in [-0.05, 0) is 25.3 Å². The molecule has 0 aromatic rings. The first-order valence-electron chi connectivity index (χ1n) is 6.56. The summed E-state index contributed by atoms with van der Waals surface area (Å²) in [6.07, 6.45) is 3.54. The molecule has 0 aromatic heterocycles. The van der Waals surface area contributed by atoms with E-state index in [1.54, 1.807) is 7.05 Å². The molecule has 114 valence electrons. The number of nitrogens with one attached hydrogen (secondary N) is 1. The third-order valence-corrected chi connectivity index (χ3v) is 7.44. The minimum atomic E-state index is -3.39. The Morgan fingerprint density at radius 3 is 2.21 bits per heavy atom. The predicted molar refractivity (Wildman–Crippen MR) is 77.8 cm³/mol. The van der Waals surface area contributed by atoms with Gasteiger partial charge in [0.05, 0.1) is 16.8 Å². The van der Waals surface area contributed by atoms with Gasteiger partial charge in [0.25, 0.3) is 0 Å². The van der Waals surface area contributed by atoms with Gasteiger partial charge < -0.3 is 5.32 Å². The van der Waals surface area contributed by atoms with Gasteiger partial charge in [0.15, 0.2) is 9.84 Å². The van der Waals surface area contributed by atoms with Crippen LogP contribution >= 0.6 is 0 Å². The molecule has 1 fully saturated rings. The third kappa shape index (κ3) is 4.43. The number of hydrogen-bond donors (Lipinski definition) is 1. The van der Waals surface area contributed by atoms with Crippen molar-refractivity contribution in [3.63, 3.8) is 0 Å². The fourth-order valence-electron chi connectivity index (χ4n) is 2.97. The lowest BCUT2D eigenvalue weighted by Crippen LogP contribution is -2.54. The first-order chi connectivity index (χ1) is 8.49. The van der Waals surface area contributed by atoms with Crippen LogP contribution in [0.2, 0.25) is 0 Å². The van der Waals surface area contributed by atoms with E-state index in [1.807, 2.05) is 0 Å². The van der Waals surface area contributed by atoms with Crippen LogP contribution in [-0.2, 0) is 19.7 Å². The highest BCUT2D eigenvalue weighted by Gasteiger charge is 2.44. The van der Waals surface area contributed by atoms with Crippen LogP contribution < -0.4 is 5.32 Å². The van der Waals surface area contributed by atoms with Gasteiger partial charge in [-0.3, -0.25) is 0 Å². The summed E-state index contributed by atoms with van der Waals surface area (Å²) in [5.74, 6) is -0.562. The summed E-state index contributed by atoms with van der Waals surface area (Å²) in [6.45, 7) is 4.12. The second-order valence-corrected chi connectivity index (χ2v) is 10.8. The van der Waals surface area contributed by atoms with E-state index in [1.165, 1.54) is 0 Å². The Labute approximate surface area is 117 Å². The summed E-state index contributed by atoms with van der Waals surface area (Å²) >= 11 is 0. The van der Waals surface area contributed by atoms with E-state index in [0.717, 1.165) is 19.1 Å². The van der Waals surface area contributed by atoms with Crippen molar-refractivity contribution >= 4 is 19.7 Å². The maximum Gasteiger partial charge on any atom is 0.155 e. The second kappa shape index (κ2) is 5.69. The van der Waals surface area contributed by atoms with Crippen LogP contribution in [0.4, 0.5) is 0 Å². The summed E-state index contributed by atoms with van der Waals surface area (Å²) in [4.78, 5) is 0. The van der Waals surface area contributed by atoms with Gasteiger partial charge in [-0.1, -0.05) is 20.3 Å². The molecule has 0 aliphatic heterocycles. The molecule has 0 amide bonds. The molecule has 0 heterocycles. The first-order valence-corrected chi connectivity index (χ1v) is 10.3. The Balaban J connectivity index is 2.93. The lowest BCUT2D eigenvalue weighted by molar-refractivity contribution is 0.178. The van der Waals surface area contributed by atoms with Crippen LogP contribution in [0.5, 0.6) is 0 Å². The molecule has 7 heteroatoms. The second-order valence-electron chi connectivity index (χ2n) is 6.18. The van der Waals surface area contributed by atoms with Crippen molar-refractivity contribution in [2.24, 2.45) is 5.41 Å². The van der Waals surface area contributed by atoms with Crippen molar-refractivity contribution in [1.29, 1.82) is 0 Å². The molecule has 0 saturated heterocycles. The molecule has 1 rings (SSSR count). The van der Waals surface area contributed by atoms with Crippen molar-refractivity contribution < 1.29 is 16.8 Å². The fraction of sp³-hybridized carbons (Fsp3) is 1.00. The topological polar surface area (TPSA) is 80.3 Å². The standard InChI is InChI=1S/C12H25NO4S2/c1-12(2)7-5-6-10(11(12)13-3)19(16,17)9-8-18(4,14)15/h10-11,13H,5-9H2,1-4H3. The maximum absolute atomic E-state index is 12.4. The third-order valence-electron chi connectivity index (χ3n) is 4.03. The zero-order valence-corrected chi connectivity index (χ0v) is 13.8. The van der Waals surface area contributed by atoms with Crippen LogP contribution in [0.25, 0.3) is 0 Å². The van der Waals surface area contributed by atoms with E-state index < -0.39 is 24.9 Å². The van der Waals surface area contributed by atoms with E-state index in [-0.39, 0.29) is 23.0 Å². The Morgan fingerprint density at radius 1 is 1.16 bits per heavy atom. The minimum absolute atomic E-state index is 0.0875. The summed E-state index contributed by atoms with van der Waals surface area (Å²) in [5, 5.41) is 2.64. The van der Waals surface area contributed by atoms with Crippen LogP contribution in [-0.4, -0.2) is 52.9 Å². The minimum Gasteiger partial charge on any atom is -0.315 e. The van der Waals surface area contributed by atoms with Crippen LogP contribution in [0.15, 0.2) is 0 Å². The molecule has 5 nitrogen and oxygen atoms in total. The Bertz CT molecular complexity index is 508. The van der Waals surface area contributed by atoms with E-state index >= 15 is 0 Å². The molecule has 1 saturated carbocycles. The van der Waals surface area contributed by atoms with Crippen molar-refractivity contribution in [3.8, 4) is 0 Å². The van der Waals surface area contributed by atoms with Gasteiger partial charge >= 0.3 is 0 Å². The van der Waals surface area contributed by atoms with Crippen LogP contribution in [0.3, 0.4) is 0 Å². The SMILES string of the molecule is CNC1C(S(=O)(=O)CCS(C)(=O)=O)CCCC1(C)C. The lowest BCUT2D eigenvalue weighted by atomic mass is 9.73. The Kier molecular flexibility index (Phi) is 5.07. The highest BCUT2D eigenvalue weighted by molar-refractivity contribution is 7.95. The normalized spacial score (nSPS) is 28.2. The molecular weight excluding hydrogens is 286 g/mol. The summed E-state index contributed by atoms with van der Waals surface area (Å²) in [7, 11) is -4.86. The van der Waals surface area contributed by atoms with Crippen LogP contribution in [0, 0.1) is 5.41 Å². The van der Waals surface area contributed by atoms with Gasteiger partial charge in [0.1, 0.15) is 9.84 Å². The molecule has 0 aromatic carbocycles. The Morgan fingerprint density at radius 2 is 1.74 bits per heavy atom. The Hall–Kier alpha value is -0.140. The van der Waals surface area contributed by atoms with Gasteiger partial charge in [-0.15, -0.1) is 0 Å². The highest BCUT2D eigenvalue weighted by atomic mass is 32.2. The molecule has 1 N–H and O–H groups in total. The average Bonchev–Trinajstić information content (AvgIpc) is 2.24. The summed E-state index contributed by atoms with van der Waals surface area (Å²) in [5.41, 5.74) is -0.0875. The van der Waals surface area contributed by atoms with Crippen molar-refractivity contribution in [2.75, 3.05) is 24.8 Å². The quantitative estimate of drug-likeness (QED) is 0.805. The van der Waals surface area contributed by atoms with Crippen molar-refractivity contribution in [2.45, 2.75) is 44.4 Å². The first kappa shape index (κ1) is 16.9. The zero-order valence-electron chi connectivity index (χ0n) is 12.1. The fourth-order valence-corrected chi connectivity index (χ4v) is 6.85. The van der Waals surface area contributed by atoms with Gasteiger partial charge in [-0.2, -0.15) is 0 Å². The van der Waals surface area contributed by atoms with E-state index in [9.17, 15) is 16.8 Å². The average molecular weight is 311 g/mol. The smallest absolute Gasteiger partial charge is 0.155 e. The van der Waals surface area contributed by atoms with Gasteiger partial charge in [0.2, 0.25) is 0 Å². The summed E-state index contributed by atoms with van der Waals surface area (Å²) < 4.78 is 47.1. The maximum atomic E-state index is 12.4.